The van der Waals surface area contributed by atoms with Crippen molar-refractivity contribution < 1.29 is 19.4 Å². The Bertz CT molecular complexity index is 1110. The van der Waals surface area contributed by atoms with E-state index in [2.05, 4.69) is 4.99 Å². The molecule has 0 spiro atoms. The number of carboxylic acids is 1. The lowest BCUT2D eigenvalue weighted by molar-refractivity contribution is 0.0600. The lowest BCUT2D eigenvalue weighted by atomic mass is 10.2. The quantitative estimate of drug-likeness (QED) is 0.475. The molecular formula is C22H19ClN2O4. The third kappa shape index (κ3) is 4.22. The van der Waals surface area contributed by atoms with Gasteiger partial charge in [0.25, 0.3) is 0 Å². The van der Waals surface area contributed by atoms with Crippen molar-refractivity contribution in [2.24, 2.45) is 4.99 Å². The molecule has 1 heterocycles. The molecule has 0 saturated carbocycles. The number of carboxylic acid groups (broad SMARTS) is 1. The van der Waals surface area contributed by atoms with E-state index < -0.39 is 5.97 Å². The zero-order chi connectivity index (χ0) is 21.1. The number of carbonyl (C=O) groups is 2. The summed E-state index contributed by atoms with van der Waals surface area (Å²) in [5.74, 6) is -1.48. The standard InChI is InChI=1S/C22H19ClN2O4/c1-13-10-16(12-24-17-6-9-20(23)19(11-17)21(26)27)14(2)25(13)18-7-4-15(5-8-18)22(28)29-3/h4-12H,1-3H3,(H,26,27). The van der Waals surface area contributed by atoms with Gasteiger partial charge >= 0.3 is 11.9 Å². The van der Waals surface area contributed by atoms with E-state index in [0.29, 0.717) is 11.3 Å². The molecule has 7 heteroatoms. The minimum atomic E-state index is -1.10. The zero-order valence-electron chi connectivity index (χ0n) is 16.1. The molecule has 0 radical (unpaired) electrons. The van der Waals surface area contributed by atoms with Crippen molar-refractivity contribution in [2.75, 3.05) is 7.11 Å². The van der Waals surface area contributed by atoms with Gasteiger partial charge in [-0.1, -0.05) is 11.6 Å². The molecule has 2 aromatic carbocycles. The van der Waals surface area contributed by atoms with Crippen LogP contribution in [-0.2, 0) is 4.74 Å². The lowest BCUT2D eigenvalue weighted by Gasteiger charge is -2.10. The van der Waals surface area contributed by atoms with Crippen LogP contribution in [-0.4, -0.2) is 34.9 Å². The van der Waals surface area contributed by atoms with Gasteiger partial charge in [0.2, 0.25) is 0 Å². The zero-order valence-corrected chi connectivity index (χ0v) is 16.9. The number of nitrogens with zero attached hydrogens (tertiary/aromatic N) is 2. The van der Waals surface area contributed by atoms with Gasteiger partial charge in [0.15, 0.2) is 0 Å². The second kappa shape index (κ2) is 8.32. The van der Waals surface area contributed by atoms with Crippen LogP contribution < -0.4 is 0 Å². The molecule has 0 saturated heterocycles. The number of ether oxygens (including phenoxy) is 1. The summed E-state index contributed by atoms with van der Waals surface area (Å²) >= 11 is 5.90. The Morgan fingerprint density at radius 2 is 1.79 bits per heavy atom. The average Bonchev–Trinajstić information content (AvgIpc) is 3.00. The fourth-order valence-electron chi connectivity index (χ4n) is 3.08. The van der Waals surface area contributed by atoms with E-state index in [1.807, 2.05) is 36.6 Å². The van der Waals surface area contributed by atoms with Crippen molar-refractivity contribution >= 4 is 35.4 Å². The summed E-state index contributed by atoms with van der Waals surface area (Å²) in [6.07, 6.45) is 1.69. The van der Waals surface area contributed by atoms with Gasteiger partial charge in [-0.25, -0.2) is 9.59 Å². The maximum Gasteiger partial charge on any atom is 0.337 e. The first-order valence-electron chi connectivity index (χ1n) is 8.76. The summed E-state index contributed by atoms with van der Waals surface area (Å²) in [6, 6.07) is 13.7. The first-order chi connectivity index (χ1) is 13.8. The molecule has 0 fully saturated rings. The van der Waals surface area contributed by atoms with Crippen molar-refractivity contribution in [1.82, 2.24) is 4.57 Å². The van der Waals surface area contributed by atoms with Gasteiger partial charge in [0.1, 0.15) is 0 Å². The number of carbonyl (C=O) groups excluding carboxylic acids is 1. The highest BCUT2D eigenvalue weighted by molar-refractivity contribution is 6.33. The van der Waals surface area contributed by atoms with E-state index in [0.717, 1.165) is 22.6 Å². The Balaban J connectivity index is 1.92. The maximum absolute atomic E-state index is 11.6. The first kappa shape index (κ1) is 20.4. The van der Waals surface area contributed by atoms with E-state index in [4.69, 9.17) is 16.3 Å². The fraction of sp³-hybridized carbons (Fsp3) is 0.136. The number of esters is 1. The van der Waals surface area contributed by atoms with Crippen LogP contribution in [0, 0.1) is 13.8 Å². The number of hydrogen-bond acceptors (Lipinski definition) is 4. The number of hydrogen-bond donors (Lipinski definition) is 1. The van der Waals surface area contributed by atoms with Gasteiger partial charge in [-0.15, -0.1) is 0 Å². The van der Waals surface area contributed by atoms with E-state index in [-0.39, 0.29) is 16.6 Å². The lowest BCUT2D eigenvalue weighted by Crippen LogP contribution is -2.03. The number of aliphatic imine (C=N–C) groups is 1. The van der Waals surface area contributed by atoms with Crippen molar-refractivity contribution in [2.45, 2.75) is 13.8 Å². The monoisotopic (exact) mass is 410 g/mol. The SMILES string of the molecule is COC(=O)c1ccc(-n2c(C)cc(C=Nc3ccc(Cl)c(C(=O)O)c3)c2C)cc1. The summed E-state index contributed by atoms with van der Waals surface area (Å²) in [5, 5.41) is 9.36. The van der Waals surface area contributed by atoms with Crippen LogP contribution in [0.3, 0.4) is 0 Å². The molecule has 3 aromatic rings. The molecule has 0 amide bonds. The van der Waals surface area contributed by atoms with E-state index >= 15 is 0 Å². The van der Waals surface area contributed by atoms with Crippen LogP contribution in [0.1, 0.15) is 37.7 Å². The predicted octanol–water partition coefficient (Wildman–Crippen LogP) is 4.98. The van der Waals surface area contributed by atoms with Gasteiger partial charge in [-0.2, -0.15) is 0 Å². The molecule has 0 unspecified atom stereocenters. The van der Waals surface area contributed by atoms with Crippen LogP contribution in [0.2, 0.25) is 5.02 Å². The summed E-state index contributed by atoms with van der Waals surface area (Å²) < 4.78 is 6.78. The molecule has 0 aliphatic heterocycles. The summed E-state index contributed by atoms with van der Waals surface area (Å²) in [6.45, 7) is 3.94. The molecule has 29 heavy (non-hydrogen) atoms. The van der Waals surface area contributed by atoms with Gasteiger partial charge < -0.3 is 14.4 Å². The average molecular weight is 411 g/mol. The van der Waals surface area contributed by atoms with Crippen molar-refractivity contribution in [1.29, 1.82) is 0 Å². The Kier molecular flexibility index (Phi) is 5.84. The first-order valence-corrected chi connectivity index (χ1v) is 9.14. The van der Waals surface area contributed by atoms with Crippen molar-refractivity contribution in [3.05, 3.63) is 81.6 Å². The number of benzene rings is 2. The van der Waals surface area contributed by atoms with Gasteiger partial charge in [0, 0.05) is 28.9 Å². The van der Waals surface area contributed by atoms with Crippen LogP contribution in [0.15, 0.2) is 53.5 Å². The third-order valence-electron chi connectivity index (χ3n) is 4.55. The molecule has 3 rings (SSSR count). The Hall–Kier alpha value is -3.38. The molecule has 0 aliphatic carbocycles. The predicted molar refractivity (Wildman–Crippen MR) is 112 cm³/mol. The molecule has 1 aromatic heterocycles. The number of aryl methyl sites for hydroxylation is 1. The minimum Gasteiger partial charge on any atom is -0.478 e. The highest BCUT2D eigenvalue weighted by Gasteiger charge is 2.12. The molecule has 0 atom stereocenters. The highest BCUT2D eigenvalue weighted by atomic mass is 35.5. The molecular weight excluding hydrogens is 392 g/mol. The van der Waals surface area contributed by atoms with Gasteiger partial charge in [-0.3, -0.25) is 4.99 Å². The van der Waals surface area contributed by atoms with Gasteiger partial charge in [0.05, 0.1) is 28.9 Å². The van der Waals surface area contributed by atoms with E-state index in [9.17, 15) is 14.7 Å². The Morgan fingerprint density at radius 1 is 1.10 bits per heavy atom. The Labute approximate surface area is 173 Å². The number of rotatable bonds is 5. The fourth-order valence-corrected chi connectivity index (χ4v) is 3.28. The van der Waals surface area contributed by atoms with Crippen molar-refractivity contribution in [3.8, 4) is 5.69 Å². The normalized spacial score (nSPS) is 11.0. The van der Waals surface area contributed by atoms with Crippen LogP contribution in [0.25, 0.3) is 5.69 Å². The summed E-state index contributed by atoms with van der Waals surface area (Å²) in [7, 11) is 1.35. The number of halogens is 1. The number of aromatic carboxylic acids is 1. The molecule has 0 bridgehead atoms. The second-order valence-electron chi connectivity index (χ2n) is 6.43. The smallest absolute Gasteiger partial charge is 0.337 e. The number of aromatic nitrogens is 1. The van der Waals surface area contributed by atoms with E-state index in [1.54, 1.807) is 24.4 Å². The van der Waals surface area contributed by atoms with Gasteiger partial charge in [-0.05, 0) is 62.4 Å². The third-order valence-corrected chi connectivity index (χ3v) is 4.88. The summed E-state index contributed by atoms with van der Waals surface area (Å²) in [5.41, 5.74) is 4.76. The topological polar surface area (TPSA) is 80.9 Å². The largest absolute Gasteiger partial charge is 0.478 e. The highest BCUT2D eigenvalue weighted by Crippen LogP contribution is 2.24. The molecule has 148 valence electrons. The number of methoxy groups -OCH3 is 1. The van der Waals surface area contributed by atoms with Crippen molar-refractivity contribution in [3.63, 3.8) is 0 Å². The molecule has 0 aliphatic rings. The van der Waals surface area contributed by atoms with Crippen LogP contribution in [0.4, 0.5) is 5.69 Å². The van der Waals surface area contributed by atoms with E-state index in [1.165, 1.54) is 19.2 Å². The van der Waals surface area contributed by atoms with Crippen LogP contribution in [0.5, 0.6) is 0 Å². The van der Waals surface area contributed by atoms with Crippen LogP contribution >= 0.6 is 11.6 Å². The second-order valence-corrected chi connectivity index (χ2v) is 6.84. The molecule has 1 N–H and O–H groups in total. The molecule has 6 nitrogen and oxygen atoms in total. The minimum absolute atomic E-state index is 0.0116. The maximum atomic E-state index is 11.6. The Morgan fingerprint density at radius 3 is 2.41 bits per heavy atom. The summed E-state index contributed by atoms with van der Waals surface area (Å²) in [4.78, 5) is 27.2.